The SMILES string of the molecule is CSc1ccc(C(C)NC(=O)COc2ccc(S(=O)(=O)Nc3ccc(Cl)cc3)cc2Cl)cc1. The van der Waals surface area contributed by atoms with Gasteiger partial charge in [0.05, 0.1) is 16.0 Å². The molecular formula is C23H22Cl2N2O4S2. The predicted octanol–water partition coefficient (Wildman–Crippen LogP) is 5.77. The van der Waals surface area contributed by atoms with E-state index in [0.29, 0.717) is 10.7 Å². The summed E-state index contributed by atoms with van der Waals surface area (Å²) in [6.45, 7) is 1.62. The van der Waals surface area contributed by atoms with Gasteiger partial charge in [-0.2, -0.15) is 0 Å². The van der Waals surface area contributed by atoms with Gasteiger partial charge < -0.3 is 10.1 Å². The average molecular weight is 525 g/mol. The highest BCUT2D eigenvalue weighted by Crippen LogP contribution is 2.28. The van der Waals surface area contributed by atoms with Gasteiger partial charge in [-0.3, -0.25) is 9.52 Å². The van der Waals surface area contributed by atoms with Crippen LogP contribution in [0.2, 0.25) is 10.0 Å². The van der Waals surface area contributed by atoms with Crippen molar-refractivity contribution in [3.05, 3.63) is 82.3 Å². The molecule has 0 saturated heterocycles. The highest BCUT2D eigenvalue weighted by atomic mass is 35.5. The molecule has 1 atom stereocenters. The summed E-state index contributed by atoms with van der Waals surface area (Å²) in [5, 5.41) is 3.43. The summed E-state index contributed by atoms with van der Waals surface area (Å²) in [7, 11) is -3.86. The smallest absolute Gasteiger partial charge is 0.261 e. The predicted molar refractivity (Wildman–Crippen MR) is 134 cm³/mol. The number of halogens is 2. The lowest BCUT2D eigenvalue weighted by Crippen LogP contribution is -2.31. The monoisotopic (exact) mass is 524 g/mol. The number of anilines is 1. The standard InChI is InChI=1S/C23H22Cl2N2O4S2/c1-15(16-3-9-19(32-2)10-4-16)26-23(28)14-31-22-12-11-20(13-21(22)25)33(29,30)27-18-7-5-17(24)6-8-18/h3-13,15,27H,14H2,1-2H3,(H,26,28). The van der Waals surface area contributed by atoms with Gasteiger partial charge >= 0.3 is 0 Å². The van der Waals surface area contributed by atoms with Gasteiger partial charge in [-0.25, -0.2) is 8.42 Å². The molecule has 0 aliphatic carbocycles. The quantitative estimate of drug-likeness (QED) is 0.347. The van der Waals surface area contributed by atoms with E-state index >= 15 is 0 Å². The summed E-state index contributed by atoms with van der Waals surface area (Å²) in [6.07, 6.45) is 2.00. The van der Waals surface area contributed by atoms with Crippen molar-refractivity contribution in [2.75, 3.05) is 17.6 Å². The number of carbonyl (C=O) groups excluding carboxylic acids is 1. The molecule has 0 bridgehead atoms. The van der Waals surface area contributed by atoms with Crippen LogP contribution >= 0.6 is 35.0 Å². The number of amides is 1. The Kier molecular flexibility index (Phi) is 8.53. The maximum Gasteiger partial charge on any atom is 0.261 e. The van der Waals surface area contributed by atoms with Crippen LogP contribution in [0, 0.1) is 0 Å². The van der Waals surface area contributed by atoms with E-state index in [-0.39, 0.29) is 34.2 Å². The molecule has 0 heterocycles. The van der Waals surface area contributed by atoms with Crippen molar-refractivity contribution in [2.45, 2.75) is 22.8 Å². The number of sulfonamides is 1. The van der Waals surface area contributed by atoms with E-state index in [0.717, 1.165) is 10.5 Å². The van der Waals surface area contributed by atoms with Crippen molar-refractivity contribution in [3.63, 3.8) is 0 Å². The molecule has 1 amide bonds. The minimum absolute atomic E-state index is 0.0402. The van der Waals surface area contributed by atoms with Crippen molar-refractivity contribution in [1.82, 2.24) is 5.32 Å². The van der Waals surface area contributed by atoms with E-state index in [1.807, 2.05) is 37.4 Å². The molecule has 2 N–H and O–H groups in total. The number of ether oxygens (including phenoxy) is 1. The van der Waals surface area contributed by atoms with E-state index in [2.05, 4.69) is 10.0 Å². The lowest BCUT2D eigenvalue weighted by Gasteiger charge is -2.16. The molecule has 3 aromatic carbocycles. The van der Waals surface area contributed by atoms with E-state index in [1.54, 1.807) is 36.0 Å². The minimum atomic E-state index is -3.86. The van der Waals surface area contributed by atoms with Crippen LogP contribution in [0.25, 0.3) is 0 Å². The fourth-order valence-corrected chi connectivity index (χ4v) is 4.82. The number of rotatable bonds is 9. The Hall–Kier alpha value is -2.39. The minimum Gasteiger partial charge on any atom is -0.482 e. The lowest BCUT2D eigenvalue weighted by atomic mass is 10.1. The zero-order valence-corrected chi connectivity index (χ0v) is 21.0. The van der Waals surface area contributed by atoms with Crippen molar-refractivity contribution in [2.24, 2.45) is 0 Å². The molecule has 6 nitrogen and oxygen atoms in total. The second-order valence-electron chi connectivity index (χ2n) is 7.06. The molecule has 0 aliphatic heterocycles. The molecular weight excluding hydrogens is 503 g/mol. The summed E-state index contributed by atoms with van der Waals surface area (Å²) in [4.78, 5) is 13.4. The lowest BCUT2D eigenvalue weighted by molar-refractivity contribution is -0.123. The molecule has 0 fully saturated rings. The Morgan fingerprint density at radius 3 is 2.30 bits per heavy atom. The summed E-state index contributed by atoms with van der Waals surface area (Å²) < 4.78 is 33.2. The van der Waals surface area contributed by atoms with Gasteiger partial charge in [0, 0.05) is 15.6 Å². The Balaban J connectivity index is 1.59. The van der Waals surface area contributed by atoms with Crippen LogP contribution in [0.1, 0.15) is 18.5 Å². The largest absolute Gasteiger partial charge is 0.482 e. The summed E-state index contributed by atoms with van der Waals surface area (Å²) in [6, 6.07) is 18.0. The highest BCUT2D eigenvalue weighted by Gasteiger charge is 2.17. The van der Waals surface area contributed by atoms with E-state index in [9.17, 15) is 13.2 Å². The summed E-state index contributed by atoms with van der Waals surface area (Å²) >= 11 is 13.7. The van der Waals surface area contributed by atoms with Crippen molar-refractivity contribution in [1.29, 1.82) is 0 Å². The molecule has 1 unspecified atom stereocenters. The molecule has 0 aliphatic rings. The van der Waals surface area contributed by atoms with Crippen LogP contribution in [-0.4, -0.2) is 27.2 Å². The summed E-state index contributed by atoms with van der Waals surface area (Å²) in [5.41, 5.74) is 1.34. The molecule has 3 rings (SSSR count). The van der Waals surface area contributed by atoms with Gasteiger partial charge in [-0.15, -0.1) is 11.8 Å². The van der Waals surface area contributed by atoms with Gasteiger partial charge in [-0.1, -0.05) is 35.3 Å². The number of thioether (sulfide) groups is 1. The number of hydrogen-bond acceptors (Lipinski definition) is 5. The fraction of sp³-hybridized carbons (Fsp3) is 0.174. The van der Waals surface area contributed by atoms with Gasteiger partial charge in [0.25, 0.3) is 15.9 Å². The third kappa shape index (κ3) is 7.04. The number of hydrogen-bond donors (Lipinski definition) is 2. The Labute approximate surface area is 207 Å². The molecule has 174 valence electrons. The maximum atomic E-state index is 12.6. The first-order chi connectivity index (χ1) is 15.7. The van der Waals surface area contributed by atoms with E-state index in [4.69, 9.17) is 27.9 Å². The van der Waals surface area contributed by atoms with Crippen molar-refractivity contribution in [3.8, 4) is 5.75 Å². The van der Waals surface area contributed by atoms with Gasteiger partial charge in [-0.05, 0) is 73.3 Å². The van der Waals surface area contributed by atoms with Crippen LogP contribution in [-0.2, 0) is 14.8 Å². The second kappa shape index (κ2) is 11.2. The van der Waals surface area contributed by atoms with Crippen molar-refractivity contribution >= 4 is 56.6 Å². The second-order valence-corrected chi connectivity index (χ2v) is 10.5. The molecule has 0 saturated carbocycles. The summed E-state index contributed by atoms with van der Waals surface area (Å²) in [5.74, 6) is -0.122. The fourth-order valence-electron chi connectivity index (χ4n) is 2.90. The normalized spacial score (nSPS) is 12.1. The van der Waals surface area contributed by atoms with Crippen LogP contribution in [0.5, 0.6) is 5.75 Å². The van der Waals surface area contributed by atoms with Crippen LogP contribution < -0.4 is 14.8 Å². The third-order valence-electron chi connectivity index (χ3n) is 4.66. The number of carbonyl (C=O) groups is 1. The van der Waals surface area contributed by atoms with Crippen LogP contribution in [0.15, 0.2) is 76.5 Å². The Bertz CT molecular complexity index is 1220. The number of nitrogens with one attached hydrogen (secondary N) is 2. The topological polar surface area (TPSA) is 84.5 Å². The van der Waals surface area contributed by atoms with E-state index < -0.39 is 10.0 Å². The average Bonchev–Trinajstić information content (AvgIpc) is 2.79. The van der Waals surface area contributed by atoms with Gasteiger partial charge in [0.15, 0.2) is 6.61 Å². The molecule has 33 heavy (non-hydrogen) atoms. The maximum absolute atomic E-state index is 12.6. The molecule has 0 aromatic heterocycles. The first kappa shape index (κ1) is 25.2. The van der Waals surface area contributed by atoms with Crippen molar-refractivity contribution < 1.29 is 17.9 Å². The van der Waals surface area contributed by atoms with Crippen LogP contribution in [0.4, 0.5) is 5.69 Å². The first-order valence-corrected chi connectivity index (χ1v) is 13.3. The Morgan fingerprint density at radius 2 is 1.70 bits per heavy atom. The van der Waals surface area contributed by atoms with Gasteiger partial charge in [0.1, 0.15) is 5.75 Å². The zero-order chi connectivity index (χ0) is 24.0. The third-order valence-corrected chi connectivity index (χ3v) is 7.33. The molecule has 10 heteroatoms. The molecule has 0 radical (unpaired) electrons. The first-order valence-electron chi connectivity index (χ1n) is 9.82. The van der Waals surface area contributed by atoms with Gasteiger partial charge in [0.2, 0.25) is 0 Å². The van der Waals surface area contributed by atoms with E-state index in [1.165, 1.54) is 18.2 Å². The zero-order valence-electron chi connectivity index (χ0n) is 17.8. The number of benzene rings is 3. The van der Waals surface area contributed by atoms with Crippen LogP contribution in [0.3, 0.4) is 0 Å². The highest BCUT2D eigenvalue weighted by molar-refractivity contribution is 7.98. The molecule has 0 spiro atoms. The Morgan fingerprint density at radius 1 is 1.03 bits per heavy atom. The molecule has 3 aromatic rings.